The van der Waals surface area contributed by atoms with Crippen molar-refractivity contribution in [1.29, 1.82) is 0 Å². The van der Waals surface area contributed by atoms with Crippen molar-refractivity contribution in [3.05, 3.63) is 65.2 Å². The van der Waals surface area contributed by atoms with E-state index < -0.39 is 11.6 Å². The van der Waals surface area contributed by atoms with Gasteiger partial charge in [-0.2, -0.15) is 0 Å². The molecule has 1 unspecified atom stereocenters. The van der Waals surface area contributed by atoms with Crippen molar-refractivity contribution in [2.75, 3.05) is 24.5 Å². The van der Waals surface area contributed by atoms with Crippen molar-refractivity contribution in [2.45, 2.75) is 13.3 Å². The SMILES string of the molecule is Cc1cccc(N2CCC(CNC(=O)c3ccc(F)c(F)c3)C2)c1. The molecule has 1 N–H and O–H groups in total. The molecule has 1 saturated heterocycles. The van der Waals surface area contributed by atoms with E-state index in [0.29, 0.717) is 12.5 Å². The molecule has 24 heavy (non-hydrogen) atoms. The molecular formula is C19H20F2N2O. The zero-order chi connectivity index (χ0) is 17.1. The third kappa shape index (κ3) is 3.72. The summed E-state index contributed by atoms with van der Waals surface area (Å²) in [4.78, 5) is 14.4. The lowest BCUT2D eigenvalue weighted by molar-refractivity contribution is 0.0947. The molecule has 1 amide bonds. The molecule has 1 heterocycles. The maximum absolute atomic E-state index is 13.2. The lowest BCUT2D eigenvalue weighted by Gasteiger charge is -2.19. The standard InChI is InChI=1S/C19H20F2N2O/c1-13-3-2-4-16(9-13)23-8-7-14(12-23)11-22-19(24)15-5-6-17(20)18(21)10-15/h2-6,9-10,14H,7-8,11-12H2,1H3,(H,22,24). The topological polar surface area (TPSA) is 32.3 Å². The Labute approximate surface area is 140 Å². The monoisotopic (exact) mass is 330 g/mol. The van der Waals surface area contributed by atoms with E-state index in [2.05, 4.69) is 35.3 Å². The van der Waals surface area contributed by atoms with Crippen LogP contribution in [0.4, 0.5) is 14.5 Å². The van der Waals surface area contributed by atoms with Crippen LogP contribution in [0, 0.1) is 24.5 Å². The van der Waals surface area contributed by atoms with Gasteiger partial charge in [0.2, 0.25) is 0 Å². The summed E-state index contributed by atoms with van der Waals surface area (Å²) in [7, 11) is 0. The van der Waals surface area contributed by atoms with Gasteiger partial charge in [0.15, 0.2) is 11.6 Å². The molecule has 0 bridgehead atoms. The summed E-state index contributed by atoms with van der Waals surface area (Å²) in [6, 6.07) is 11.6. The predicted octanol–water partition coefficient (Wildman–Crippen LogP) is 3.53. The van der Waals surface area contributed by atoms with Crippen molar-refractivity contribution in [3.63, 3.8) is 0 Å². The Balaban J connectivity index is 1.54. The molecule has 3 nitrogen and oxygen atoms in total. The molecule has 0 aromatic heterocycles. The number of nitrogens with zero attached hydrogens (tertiary/aromatic N) is 1. The minimum Gasteiger partial charge on any atom is -0.371 e. The summed E-state index contributed by atoms with van der Waals surface area (Å²) in [5, 5.41) is 2.82. The first-order chi connectivity index (χ1) is 11.5. The molecule has 1 fully saturated rings. The first-order valence-electron chi connectivity index (χ1n) is 8.08. The molecule has 3 rings (SSSR count). The fourth-order valence-corrected chi connectivity index (χ4v) is 3.03. The summed E-state index contributed by atoms with van der Waals surface area (Å²) in [6.45, 7) is 4.43. The minimum absolute atomic E-state index is 0.141. The number of carbonyl (C=O) groups is 1. The van der Waals surface area contributed by atoms with Crippen LogP contribution in [0.1, 0.15) is 22.3 Å². The van der Waals surface area contributed by atoms with Gasteiger partial charge >= 0.3 is 0 Å². The molecule has 1 aliphatic rings. The number of nitrogens with one attached hydrogen (secondary N) is 1. The van der Waals surface area contributed by atoms with Crippen molar-refractivity contribution < 1.29 is 13.6 Å². The fourth-order valence-electron chi connectivity index (χ4n) is 3.03. The van der Waals surface area contributed by atoms with Crippen LogP contribution >= 0.6 is 0 Å². The van der Waals surface area contributed by atoms with Crippen LogP contribution in [-0.2, 0) is 0 Å². The highest BCUT2D eigenvalue weighted by atomic mass is 19.2. The zero-order valence-electron chi connectivity index (χ0n) is 13.6. The summed E-state index contributed by atoms with van der Waals surface area (Å²) < 4.78 is 26.1. The number of anilines is 1. The van der Waals surface area contributed by atoms with E-state index in [4.69, 9.17) is 0 Å². The highest BCUT2D eigenvalue weighted by Crippen LogP contribution is 2.24. The van der Waals surface area contributed by atoms with Crippen LogP contribution < -0.4 is 10.2 Å². The average molecular weight is 330 g/mol. The maximum atomic E-state index is 13.2. The molecule has 0 saturated carbocycles. The maximum Gasteiger partial charge on any atom is 0.251 e. The van der Waals surface area contributed by atoms with Gasteiger partial charge < -0.3 is 10.2 Å². The largest absolute Gasteiger partial charge is 0.371 e. The summed E-state index contributed by atoms with van der Waals surface area (Å²) in [5.74, 6) is -1.98. The van der Waals surface area contributed by atoms with Gasteiger partial charge in [0, 0.05) is 30.9 Å². The normalized spacial score (nSPS) is 17.1. The van der Waals surface area contributed by atoms with E-state index in [1.54, 1.807) is 0 Å². The Morgan fingerprint density at radius 2 is 2.04 bits per heavy atom. The second kappa shape index (κ2) is 6.99. The van der Waals surface area contributed by atoms with Crippen LogP contribution in [0.2, 0.25) is 0 Å². The first kappa shape index (κ1) is 16.4. The summed E-state index contributed by atoms with van der Waals surface area (Å²) >= 11 is 0. The van der Waals surface area contributed by atoms with Crippen LogP contribution in [-0.4, -0.2) is 25.5 Å². The van der Waals surface area contributed by atoms with E-state index in [0.717, 1.165) is 31.6 Å². The number of amides is 1. The lowest BCUT2D eigenvalue weighted by Crippen LogP contribution is -2.31. The molecule has 1 aliphatic heterocycles. The molecule has 0 spiro atoms. The summed E-state index contributed by atoms with van der Waals surface area (Å²) in [6.07, 6.45) is 0.992. The fraction of sp³-hybridized carbons (Fsp3) is 0.316. The van der Waals surface area contributed by atoms with E-state index >= 15 is 0 Å². The molecular weight excluding hydrogens is 310 g/mol. The van der Waals surface area contributed by atoms with Gasteiger partial charge in [-0.1, -0.05) is 12.1 Å². The Bertz CT molecular complexity index is 748. The predicted molar refractivity (Wildman–Crippen MR) is 90.2 cm³/mol. The number of hydrogen-bond acceptors (Lipinski definition) is 2. The molecule has 0 radical (unpaired) electrons. The highest BCUT2D eigenvalue weighted by molar-refractivity contribution is 5.94. The van der Waals surface area contributed by atoms with Gasteiger partial charge in [-0.3, -0.25) is 4.79 Å². The van der Waals surface area contributed by atoms with Crippen LogP contribution in [0.3, 0.4) is 0 Å². The molecule has 0 aliphatic carbocycles. The van der Waals surface area contributed by atoms with Crippen LogP contribution in [0.25, 0.3) is 0 Å². The van der Waals surface area contributed by atoms with E-state index in [-0.39, 0.29) is 11.5 Å². The molecule has 2 aromatic carbocycles. The Kier molecular flexibility index (Phi) is 4.79. The van der Waals surface area contributed by atoms with E-state index in [1.807, 2.05) is 6.07 Å². The quantitative estimate of drug-likeness (QED) is 0.930. The number of benzene rings is 2. The third-order valence-corrected chi connectivity index (χ3v) is 4.39. The number of aryl methyl sites for hydroxylation is 1. The van der Waals surface area contributed by atoms with Gasteiger partial charge in [-0.15, -0.1) is 0 Å². The van der Waals surface area contributed by atoms with Crippen molar-refractivity contribution in [1.82, 2.24) is 5.32 Å². The second-order valence-electron chi connectivity index (χ2n) is 6.28. The van der Waals surface area contributed by atoms with Crippen LogP contribution in [0.5, 0.6) is 0 Å². The number of halogens is 2. The van der Waals surface area contributed by atoms with Gasteiger partial charge in [-0.05, 0) is 55.2 Å². The van der Waals surface area contributed by atoms with Gasteiger partial charge in [-0.25, -0.2) is 8.78 Å². The van der Waals surface area contributed by atoms with Crippen molar-refractivity contribution >= 4 is 11.6 Å². The molecule has 1 atom stereocenters. The Morgan fingerprint density at radius 3 is 2.79 bits per heavy atom. The van der Waals surface area contributed by atoms with Crippen molar-refractivity contribution in [2.24, 2.45) is 5.92 Å². The third-order valence-electron chi connectivity index (χ3n) is 4.39. The highest BCUT2D eigenvalue weighted by Gasteiger charge is 2.23. The molecule has 126 valence electrons. The van der Waals surface area contributed by atoms with E-state index in [9.17, 15) is 13.6 Å². The summed E-state index contributed by atoms with van der Waals surface area (Å²) in [5.41, 5.74) is 2.56. The van der Waals surface area contributed by atoms with Crippen molar-refractivity contribution in [3.8, 4) is 0 Å². The Morgan fingerprint density at radius 1 is 1.21 bits per heavy atom. The lowest BCUT2D eigenvalue weighted by atomic mass is 10.1. The number of rotatable bonds is 4. The van der Waals surface area contributed by atoms with Crippen LogP contribution in [0.15, 0.2) is 42.5 Å². The molecule has 5 heteroatoms. The average Bonchev–Trinajstić information content (AvgIpc) is 3.04. The zero-order valence-corrected chi connectivity index (χ0v) is 13.6. The van der Waals surface area contributed by atoms with Gasteiger partial charge in [0.25, 0.3) is 5.91 Å². The Hall–Kier alpha value is -2.43. The first-order valence-corrected chi connectivity index (χ1v) is 8.08. The minimum atomic E-state index is -1.01. The number of carbonyl (C=O) groups excluding carboxylic acids is 1. The molecule has 2 aromatic rings. The van der Waals surface area contributed by atoms with E-state index in [1.165, 1.54) is 17.3 Å². The smallest absolute Gasteiger partial charge is 0.251 e. The van der Waals surface area contributed by atoms with Gasteiger partial charge in [0.05, 0.1) is 0 Å². The number of hydrogen-bond donors (Lipinski definition) is 1. The second-order valence-corrected chi connectivity index (χ2v) is 6.28. The van der Waals surface area contributed by atoms with Gasteiger partial charge in [0.1, 0.15) is 0 Å².